The van der Waals surface area contributed by atoms with Gasteiger partial charge in [0.25, 0.3) is 0 Å². The van der Waals surface area contributed by atoms with Crippen molar-refractivity contribution in [3.8, 4) is 0 Å². The van der Waals surface area contributed by atoms with Crippen molar-refractivity contribution in [2.75, 3.05) is 0 Å². The average molecular weight is 237 g/mol. The van der Waals surface area contributed by atoms with Crippen molar-refractivity contribution in [1.82, 2.24) is 4.98 Å². The van der Waals surface area contributed by atoms with Crippen molar-refractivity contribution >= 4 is 23.5 Å². The first-order valence-corrected chi connectivity index (χ1v) is 6.48. The Kier molecular flexibility index (Phi) is 12.9. The van der Waals surface area contributed by atoms with E-state index in [-0.39, 0.29) is 0 Å². The minimum Gasteiger partial charge on any atom is -0.242 e. The van der Waals surface area contributed by atoms with Crippen LogP contribution in [0.2, 0.25) is 0 Å². The monoisotopic (exact) mass is 237 g/mol. The van der Waals surface area contributed by atoms with Crippen molar-refractivity contribution in [3.05, 3.63) is 40.9 Å². The van der Waals surface area contributed by atoms with E-state index in [1.54, 1.807) is 17.4 Å². The molecule has 1 aromatic heterocycles. The third kappa shape index (κ3) is 6.36. The Morgan fingerprint density at radius 2 is 1.69 bits per heavy atom. The van der Waals surface area contributed by atoms with Crippen LogP contribution in [0.1, 0.15) is 43.3 Å². The minimum absolute atomic E-state index is 0.979. The molecule has 1 heterocycles. The van der Waals surface area contributed by atoms with E-state index in [2.05, 4.69) is 18.1 Å². The van der Waals surface area contributed by atoms with Gasteiger partial charge in [0.1, 0.15) is 0 Å². The zero-order valence-corrected chi connectivity index (χ0v) is 11.9. The number of aryl methyl sites for hydroxylation is 1. The summed E-state index contributed by atoms with van der Waals surface area (Å²) in [7, 11) is 0. The van der Waals surface area contributed by atoms with Gasteiger partial charge in [-0.3, -0.25) is 0 Å². The number of thiazole rings is 1. The highest BCUT2D eigenvalue weighted by Gasteiger charge is 2.00. The van der Waals surface area contributed by atoms with Crippen LogP contribution < -0.4 is 0 Å². The Balaban J connectivity index is 0. The minimum atomic E-state index is 0.979. The molecule has 0 aliphatic rings. The Morgan fingerprint density at radius 3 is 2.12 bits per heavy atom. The molecule has 0 aromatic carbocycles. The van der Waals surface area contributed by atoms with Crippen LogP contribution in [0.5, 0.6) is 0 Å². The lowest BCUT2D eigenvalue weighted by atomic mass is 10.3. The van der Waals surface area contributed by atoms with Crippen LogP contribution in [0, 0.1) is 6.92 Å². The summed E-state index contributed by atoms with van der Waals surface area (Å²) in [6.07, 6.45) is 7.38. The number of allylic oxidation sites excluding steroid dienone is 2. The zero-order chi connectivity index (χ0) is 13.0. The van der Waals surface area contributed by atoms with Gasteiger partial charge in [-0.1, -0.05) is 53.0 Å². The van der Waals surface area contributed by atoms with E-state index >= 15 is 0 Å². The molecule has 0 unspecified atom stereocenters. The smallest absolute Gasteiger partial charge is 0.0907 e. The fraction of sp³-hybridized carbons (Fsp3) is 0.357. The lowest BCUT2D eigenvalue weighted by Gasteiger charge is -1.85. The maximum Gasteiger partial charge on any atom is 0.0907 e. The number of hydrogen-bond donors (Lipinski definition) is 0. The lowest BCUT2D eigenvalue weighted by Crippen LogP contribution is -1.74. The average Bonchev–Trinajstić information content (AvgIpc) is 2.72. The maximum atomic E-state index is 4.33. The Bertz CT molecular complexity index is 321. The third-order valence-corrected chi connectivity index (χ3v) is 2.35. The molecule has 90 valence electrons. The van der Waals surface area contributed by atoms with E-state index in [0.29, 0.717) is 0 Å². The molecule has 2 heteroatoms. The van der Waals surface area contributed by atoms with Gasteiger partial charge in [0, 0.05) is 0 Å². The molecule has 0 saturated carbocycles. The zero-order valence-electron chi connectivity index (χ0n) is 11.1. The number of aromatic nitrogens is 1. The Labute approximate surface area is 104 Å². The van der Waals surface area contributed by atoms with Gasteiger partial charge in [0.15, 0.2) is 0 Å². The van der Waals surface area contributed by atoms with Crippen LogP contribution >= 0.6 is 11.3 Å². The second kappa shape index (κ2) is 11.9. The molecule has 0 fully saturated rings. The number of hydrogen-bond acceptors (Lipinski definition) is 2. The van der Waals surface area contributed by atoms with Crippen LogP contribution in [-0.4, -0.2) is 4.98 Å². The van der Waals surface area contributed by atoms with Gasteiger partial charge < -0.3 is 0 Å². The standard InChI is InChI=1S/C10H11NS.2C2H6/c1-4-6-7-9-10(5-2)12-8(3)11-9;2*1-2/h4-7H,1-2H2,3H3;2*1-2H3/b7-6-;;. The molecular weight excluding hydrogens is 214 g/mol. The molecule has 0 amide bonds. The SMILES string of the molecule is C=C/C=C\c1nc(C)sc1C=C.CC.CC. The second-order valence-corrected chi connectivity index (χ2v) is 3.52. The molecule has 0 bridgehead atoms. The van der Waals surface area contributed by atoms with Crippen molar-refractivity contribution in [1.29, 1.82) is 0 Å². The van der Waals surface area contributed by atoms with E-state index in [1.165, 1.54) is 0 Å². The molecule has 0 aliphatic heterocycles. The number of nitrogens with zero attached hydrogens (tertiary/aromatic N) is 1. The molecule has 0 saturated heterocycles. The molecule has 16 heavy (non-hydrogen) atoms. The molecule has 0 aliphatic carbocycles. The van der Waals surface area contributed by atoms with E-state index in [0.717, 1.165) is 15.6 Å². The molecule has 1 aromatic rings. The van der Waals surface area contributed by atoms with Crippen LogP contribution in [0.3, 0.4) is 0 Å². The normalized spacial score (nSPS) is 8.56. The highest BCUT2D eigenvalue weighted by Crippen LogP contribution is 2.19. The number of rotatable bonds is 3. The molecule has 0 radical (unpaired) electrons. The third-order valence-electron chi connectivity index (χ3n) is 1.36. The highest BCUT2D eigenvalue weighted by molar-refractivity contribution is 7.12. The molecule has 1 rings (SSSR count). The highest BCUT2D eigenvalue weighted by atomic mass is 32.1. The topological polar surface area (TPSA) is 12.9 Å². The molecule has 0 spiro atoms. The van der Waals surface area contributed by atoms with Crippen molar-refractivity contribution in [2.45, 2.75) is 34.6 Å². The first kappa shape index (κ1) is 17.3. The van der Waals surface area contributed by atoms with Gasteiger partial charge in [0.2, 0.25) is 0 Å². The van der Waals surface area contributed by atoms with Gasteiger partial charge in [-0.15, -0.1) is 11.3 Å². The fourth-order valence-corrected chi connectivity index (χ4v) is 1.65. The largest absolute Gasteiger partial charge is 0.242 e. The summed E-state index contributed by atoms with van der Waals surface area (Å²) >= 11 is 1.65. The van der Waals surface area contributed by atoms with Crippen molar-refractivity contribution < 1.29 is 0 Å². The summed E-state index contributed by atoms with van der Waals surface area (Å²) in [5.41, 5.74) is 0.979. The maximum absolute atomic E-state index is 4.33. The fourth-order valence-electron chi connectivity index (χ4n) is 0.884. The molecule has 0 atom stereocenters. The summed E-state index contributed by atoms with van der Waals surface area (Å²) in [4.78, 5) is 5.45. The van der Waals surface area contributed by atoms with Crippen LogP contribution in [0.15, 0.2) is 25.3 Å². The van der Waals surface area contributed by atoms with Gasteiger partial charge in [-0.2, -0.15) is 0 Å². The van der Waals surface area contributed by atoms with E-state index < -0.39 is 0 Å². The Hall–Kier alpha value is -1.15. The van der Waals surface area contributed by atoms with E-state index in [9.17, 15) is 0 Å². The Morgan fingerprint density at radius 1 is 1.12 bits per heavy atom. The van der Waals surface area contributed by atoms with E-state index in [1.807, 2.05) is 52.8 Å². The van der Waals surface area contributed by atoms with Crippen LogP contribution in [0.25, 0.3) is 12.2 Å². The second-order valence-electron chi connectivity index (χ2n) is 2.28. The summed E-state index contributed by atoms with van der Waals surface area (Å²) in [5, 5.41) is 1.06. The van der Waals surface area contributed by atoms with Crippen molar-refractivity contribution in [3.63, 3.8) is 0 Å². The van der Waals surface area contributed by atoms with E-state index in [4.69, 9.17) is 0 Å². The summed E-state index contributed by atoms with van der Waals surface area (Å²) in [6.45, 7) is 17.3. The first-order chi connectivity index (χ1) is 7.77. The van der Waals surface area contributed by atoms with Crippen LogP contribution in [0.4, 0.5) is 0 Å². The summed E-state index contributed by atoms with van der Waals surface area (Å²) in [5.74, 6) is 0. The summed E-state index contributed by atoms with van der Waals surface area (Å²) < 4.78 is 0. The van der Waals surface area contributed by atoms with Crippen molar-refractivity contribution in [2.24, 2.45) is 0 Å². The van der Waals surface area contributed by atoms with Gasteiger partial charge in [-0.05, 0) is 19.1 Å². The quantitative estimate of drug-likeness (QED) is 0.646. The predicted octanol–water partition coefficient (Wildman–Crippen LogP) is 5.35. The van der Waals surface area contributed by atoms with Gasteiger partial charge in [-0.25, -0.2) is 4.98 Å². The molecule has 0 N–H and O–H groups in total. The van der Waals surface area contributed by atoms with Gasteiger partial charge >= 0.3 is 0 Å². The predicted molar refractivity (Wildman–Crippen MR) is 78.9 cm³/mol. The van der Waals surface area contributed by atoms with Gasteiger partial charge in [0.05, 0.1) is 15.6 Å². The lowest BCUT2D eigenvalue weighted by molar-refractivity contribution is 1.27. The van der Waals surface area contributed by atoms with Crippen LogP contribution in [-0.2, 0) is 0 Å². The summed E-state index contributed by atoms with van der Waals surface area (Å²) in [6, 6.07) is 0. The first-order valence-electron chi connectivity index (χ1n) is 5.67. The molecule has 1 nitrogen and oxygen atoms in total. The molecular formula is C14H23NS.